The molecule has 0 aromatic heterocycles. The Labute approximate surface area is 106 Å². The maximum absolute atomic E-state index is 11.9. The van der Waals surface area contributed by atoms with E-state index >= 15 is 0 Å². The Morgan fingerprint density at radius 3 is 2.44 bits per heavy atom. The van der Waals surface area contributed by atoms with Crippen LogP contribution in [0.4, 0.5) is 0 Å². The van der Waals surface area contributed by atoms with E-state index in [2.05, 4.69) is 5.32 Å². The molecule has 0 spiro atoms. The van der Waals surface area contributed by atoms with Crippen molar-refractivity contribution in [3.8, 4) is 0 Å². The molecule has 18 heavy (non-hydrogen) atoms. The molecular formula is C11H21N3O4. The molecule has 0 radical (unpaired) electrons. The number of carbonyl (C=O) groups is 2. The number of aliphatic carboxylic acids is 1. The zero-order valence-electron chi connectivity index (χ0n) is 10.8. The fourth-order valence-corrected chi connectivity index (χ4v) is 1.89. The molecule has 1 fully saturated rings. The standard InChI is InChI=1S/C11H21N3O4/c1-11(18,10(16)17)8-13(2)7-9(15)14-5-3-12-4-6-14/h12,18H,3-8H2,1-2H3,(H,16,17). The van der Waals surface area contributed by atoms with Crippen LogP contribution in [0.2, 0.25) is 0 Å². The molecule has 1 rings (SSSR count). The zero-order chi connectivity index (χ0) is 13.8. The maximum Gasteiger partial charge on any atom is 0.336 e. The first-order valence-corrected chi connectivity index (χ1v) is 5.96. The largest absolute Gasteiger partial charge is 0.479 e. The molecule has 7 heteroatoms. The van der Waals surface area contributed by atoms with E-state index in [0.29, 0.717) is 13.1 Å². The smallest absolute Gasteiger partial charge is 0.336 e. The molecule has 104 valence electrons. The third-order valence-corrected chi connectivity index (χ3v) is 2.91. The SMILES string of the molecule is CN(CC(=O)N1CCNCC1)CC(C)(O)C(=O)O. The van der Waals surface area contributed by atoms with E-state index in [4.69, 9.17) is 5.11 Å². The Bertz CT molecular complexity index is 313. The minimum absolute atomic E-state index is 0.0415. The number of rotatable bonds is 5. The van der Waals surface area contributed by atoms with E-state index in [1.807, 2.05) is 0 Å². The Balaban J connectivity index is 2.41. The van der Waals surface area contributed by atoms with Gasteiger partial charge in [0.15, 0.2) is 5.60 Å². The molecule has 0 bridgehead atoms. The maximum atomic E-state index is 11.9. The number of piperazine rings is 1. The average Bonchev–Trinajstić information content (AvgIpc) is 2.29. The Morgan fingerprint density at radius 2 is 1.94 bits per heavy atom. The second-order valence-electron chi connectivity index (χ2n) is 4.88. The summed E-state index contributed by atoms with van der Waals surface area (Å²) in [7, 11) is 1.62. The van der Waals surface area contributed by atoms with Crippen LogP contribution in [0.1, 0.15) is 6.92 Å². The van der Waals surface area contributed by atoms with Crippen LogP contribution in [0.5, 0.6) is 0 Å². The normalized spacial score (nSPS) is 19.7. The summed E-state index contributed by atoms with van der Waals surface area (Å²) in [6, 6.07) is 0. The highest BCUT2D eigenvalue weighted by molar-refractivity contribution is 5.79. The predicted molar refractivity (Wildman–Crippen MR) is 65.2 cm³/mol. The van der Waals surface area contributed by atoms with Gasteiger partial charge in [0.05, 0.1) is 6.54 Å². The van der Waals surface area contributed by atoms with Crippen LogP contribution in [0.3, 0.4) is 0 Å². The number of carboxylic acid groups (broad SMARTS) is 1. The number of likely N-dealkylation sites (N-methyl/N-ethyl adjacent to an activating group) is 1. The lowest BCUT2D eigenvalue weighted by Crippen LogP contribution is -2.51. The second-order valence-corrected chi connectivity index (χ2v) is 4.88. The monoisotopic (exact) mass is 259 g/mol. The highest BCUT2D eigenvalue weighted by Gasteiger charge is 2.32. The van der Waals surface area contributed by atoms with Crippen LogP contribution < -0.4 is 5.32 Å². The predicted octanol–water partition coefficient (Wildman–Crippen LogP) is -1.81. The first-order valence-electron chi connectivity index (χ1n) is 5.96. The highest BCUT2D eigenvalue weighted by Crippen LogP contribution is 2.06. The number of amides is 1. The molecule has 0 saturated carbocycles. The third-order valence-electron chi connectivity index (χ3n) is 2.91. The number of hydrogen-bond donors (Lipinski definition) is 3. The van der Waals surface area contributed by atoms with Crippen LogP contribution in [0.15, 0.2) is 0 Å². The second kappa shape index (κ2) is 6.12. The summed E-state index contributed by atoms with van der Waals surface area (Å²) in [6.07, 6.45) is 0. The van der Waals surface area contributed by atoms with Gasteiger partial charge >= 0.3 is 5.97 Å². The lowest BCUT2D eigenvalue weighted by molar-refractivity contribution is -0.158. The van der Waals surface area contributed by atoms with Gasteiger partial charge in [-0.25, -0.2) is 4.79 Å². The molecule has 1 aliphatic heterocycles. The Kier molecular flexibility index (Phi) is 5.06. The van der Waals surface area contributed by atoms with Gasteiger partial charge in [-0.3, -0.25) is 9.69 Å². The van der Waals surface area contributed by atoms with Gasteiger partial charge in [0, 0.05) is 32.7 Å². The summed E-state index contributed by atoms with van der Waals surface area (Å²) in [6.45, 7) is 4.15. The molecule has 0 aromatic carbocycles. The van der Waals surface area contributed by atoms with Crippen molar-refractivity contribution in [2.24, 2.45) is 0 Å². The van der Waals surface area contributed by atoms with E-state index in [1.165, 1.54) is 11.8 Å². The van der Waals surface area contributed by atoms with Crippen molar-refractivity contribution in [1.82, 2.24) is 15.1 Å². The molecule has 3 N–H and O–H groups in total. The van der Waals surface area contributed by atoms with E-state index in [0.717, 1.165) is 13.1 Å². The lowest BCUT2D eigenvalue weighted by Gasteiger charge is -2.30. The number of aliphatic hydroxyl groups is 1. The molecule has 1 aliphatic rings. The first-order chi connectivity index (χ1) is 8.33. The number of nitrogens with one attached hydrogen (secondary N) is 1. The number of carbonyl (C=O) groups excluding carboxylic acids is 1. The third kappa shape index (κ3) is 4.25. The molecule has 0 aromatic rings. The van der Waals surface area contributed by atoms with Gasteiger partial charge in [0.2, 0.25) is 5.91 Å². The fraction of sp³-hybridized carbons (Fsp3) is 0.818. The topological polar surface area (TPSA) is 93.1 Å². The molecular weight excluding hydrogens is 238 g/mol. The van der Waals surface area contributed by atoms with Crippen molar-refractivity contribution >= 4 is 11.9 Å². The van der Waals surface area contributed by atoms with Gasteiger partial charge in [0.25, 0.3) is 0 Å². The van der Waals surface area contributed by atoms with Crippen LogP contribution >= 0.6 is 0 Å². The van der Waals surface area contributed by atoms with Crippen molar-refractivity contribution in [3.05, 3.63) is 0 Å². The minimum Gasteiger partial charge on any atom is -0.479 e. The van der Waals surface area contributed by atoms with E-state index < -0.39 is 11.6 Å². The van der Waals surface area contributed by atoms with Crippen molar-refractivity contribution in [2.75, 3.05) is 46.3 Å². The lowest BCUT2D eigenvalue weighted by atomic mass is 10.1. The van der Waals surface area contributed by atoms with Crippen molar-refractivity contribution in [1.29, 1.82) is 0 Å². The molecule has 7 nitrogen and oxygen atoms in total. The average molecular weight is 259 g/mol. The van der Waals surface area contributed by atoms with Gasteiger partial charge in [-0.2, -0.15) is 0 Å². The molecule has 1 amide bonds. The van der Waals surface area contributed by atoms with Gasteiger partial charge in [-0.15, -0.1) is 0 Å². The molecule has 1 unspecified atom stereocenters. The summed E-state index contributed by atoms with van der Waals surface area (Å²) in [5.74, 6) is -1.33. The molecule has 1 atom stereocenters. The summed E-state index contributed by atoms with van der Waals surface area (Å²) in [4.78, 5) is 25.9. The fourth-order valence-electron chi connectivity index (χ4n) is 1.89. The number of nitrogens with zero attached hydrogens (tertiary/aromatic N) is 2. The van der Waals surface area contributed by atoms with Gasteiger partial charge in [0.1, 0.15) is 0 Å². The van der Waals surface area contributed by atoms with Crippen LogP contribution in [-0.4, -0.2) is 83.8 Å². The number of carboxylic acids is 1. The van der Waals surface area contributed by atoms with E-state index in [1.54, 1.807) is 11.9 Å². The summed E-state index contributed by atoms with van der Waals surface area (Å²) < 4.78 is 0. The zero-order valence-corrected chi connectivity index (χ0v) is 10.8. The quantitative estimate of drug-likeness (QED) is 0.538. The van der Waals surface area contributed by atoms with Crippen LogP contribution in [-0.2, 0) is 9.59 Å². The Hall–Kier alpha value is -1.18. The summed E-state index contributed by atoms with van der Waals surface area (Å²) in [5, 5.41) is 21.6. The summed E-state index contributed by atoms with van der Waals surface area (Å²) >= 11 is 0. The van der Waals surface area contributed by atoms with E-state index in [-0.39, 0.29) is 19.0 Å². The van der Waals surface area contributed by atoms with Gasteiger partial charge in [-0.1, -0.05) is 0 Å². The van der Waals surface area contributed by atoms with E-state index in [9.17, 15) is 14.7 Å². The van der Waals surface area contributed by atoms with Gasteiger partial charge < -0.3 is 20.4 Å². The Morgan fingerprint density at radius 1 is 1.39 bits per heavy atom. The van der Waals surface area contributed by atoms with Crippen molar-refractivity contribution in [2.45, 2.75) is 12.5 Å². The summed E-state index contributed by atoms with van der Waals surface area (Å²) in [5.41, 5.74) is -1.83. The molecule has 1 saturated heterocycles. The van der Waals surface area contributed by atoms with Crippen LogP contribution in [0, 0.1) is 0 Å². The highest BCUT2D eigenvalue weighted by atomic mass is 16.4. The number of hydrogen-bond acceptors (Lipinski definition) is 5. The first kappa shape index (κ1) is 14.9. The van der Waals surface area contributed by atoms with Gasteiger partial charge in [-0.05, 0) is 14.0 Å². The van der Waals surface area contributed by atoms with Crippen molar-refractivity contribution < 1.29 is 19.8 Å². The van der Waals surface area contributed by atoms with Crippen LogP contribution in [0.25, 0.3) is 0 Å². The van der Waals surface area contributed by atoms with Crippen molar-refractivity contribution in [3.63, 3.8) is 0 Å². The molecule has 1 heterocycles. The minimum atomic E-state index is -1.83. The molecule has 0 aliphatic carbocycles.